The fourth-order valence-corrected chi connectivity index (χ4v) is 15.5. The molecular weight excluding hydrogens is 695 g/mol. The van der Waals surface area contributed by atoms with Crippen molar-refractivity contribution in [3.63, 3.8) is 0 Å². The Bertz CT molecular complexity index is 1960. The maximum absolute atomic E-state index is 14.8. The first-order chi connectivity index (χ1) is 26.2. The molecule has 0 saturated heterocycles. The number of carbonyl (C=O) groups is 2. The number of rotatable bonds is 7. The summed E-state index contributed by atoms with van der Waals surface area (Å²) in [6.45, 7) is 5.38. The van der Waals surface area contributed by atoms with Gasteiger partial charge in [0.05, 0.1) is 18.2 Å². The molecule has 3 N–H and O–H groups in total. The van der Waals surface area contributed by atoms with E-state index in [1.165, 1.54) is 25.3 Å². The number of nitrogens with one attached hydrogen (secondary N) is 1. The first-order valence-corrected chi connectivity index (χ1v) is 21.2. The Labute approximate surface area is 323 Å². The van der Waals surface area contributed by atoms with Crippen LogP contribution in [0.3, 0.4) is 0 Å². The predicted octanol–water partition coefficient (Wildman–Crippen LogP) is 9.49. The lowest BCUT2D eigenvalue weighted by Gasteiger charge is -2.71. The van der Waals surface area contributed by atoms with Crippen molar-refractivity contribution < 1.29 is 28.6 Å². The first kappa shape index (κ1) is 36.0. The van der Waals surface area contributed by atoms with E-state index in [4.69, 9.17) is 0 Å². The number of allylic oxidation sites excluding steroid dienone is 4. The monoisotopic (exact) mass is 750 g/mol. The van der Waals surface area contributed by atoms with Crippen LogP contribution in [-0.4, -0.2) is 51.7 Å². The number of nitrogens with zero attached hydrogens (tertiary/aromatic N) is 1. The summed E-state index contributed by atoms with van der Waals surface area (Å²) < 4.78 is 28.9. The lowest BCUT2D eigenvalue weighted by Crippen LogP contribution is -2.67. The Morgan fingerprint density at radius 2 is 1.45 bits per heavy atom. The standard InChI is InChI=1S/C47H56F2N2O4/c1-42-13-10-34(52)25-45(42)16-17-47(35(26-45)40(53)32-8-9-36(48)37(49)21-32)38(42)11-14-43(2)39(47)12-15-46(43,55)28-51(41(54)50-33-6-4-3-5-7-33)27-44-22-29-18-30(23-44)20-31(19-29)24-44/h3-9,16-17,21,26,29-31,34,38-39,52,55H,10-15,18-20,22-25,27-28H2,1-2H3,(H,50,54). The van der Waals surface area contributed by atoms with Crippen molar-refractivity contribution in [3.05, 3.63) is 89.5 Å². The fraction of sp³-hybridized carbons (Fsp3) is 0.617. The van der Waals surface area contributed by atoms with E-state index in [1.807, 2.05) is 35.2 Å². The normalized spacial score (nSPS) is 44.4. The van der Waals surface area contributed by atoms with Crippen molar-refractivity contribution in [2.75, 3.05) is 18.4 Å². The van der Waals surface area contributed by atoms with Gasteiger partial charge in [0, 0.05) is 39.6 Å². The van der Waals surface area contributed by atoms with E-state index in [-0.39, 0.29) is 46.6 Å². The molecule has 0 heterocycles. The summed E-state index contributed by atoms with van der Waals surface area (Å²) in [5.74, 6) is -0.219. The molecule has 8 atom stereocenters. The number of amides is 2. The zero-order valence-electron chi connectivity index (χ0n) is 32.3. The van der Waals surface area contributed by atoms with Crippen molar-refractivity contribution in [1.29, 1.82) is 0 Å². The molecule has 55 heavy (non-hydrogen) atoms. The first-order valence-electron chi connectivity index (χ1n) is 21.2. The number of ketones is 1. The second kappa shape index (κ2) is 12.1. The van der Waals surface area contributed by atoms with Crippen LogP contribution in [0.15, 0.2) is 72.3 Å². The number of Topliss-reactive ketones (excluding diaryl/α,β-unsaturated/α-hetero) is 1. The van der Waals surface area contributed by atoms with Gasteiger partial charge in [-0.05, 0) is 154 Å². The molecule has 2 aromatic carbocycles. The summed E-state index contributed by atoms with van der Waals surface area (Å²) in [4.78, 5) is 31.3. The largest absolute Gasteiger partial charge is 0.393 e. The van der Waals surface area contributed by atoms with E-state index in [1.54, 1.807) is 0 Å². The lowest BCUT2D eigenvalue weighted by molar-refractivity contribution is -0.176. The van der Waals surface area contributed by atoms with Crippen LogP contribution in [0.5, 0.6) is 0 Å². The molecule has 292 valence electrons. The van der Waals surface area contributed by atoms with Crippen molar-refractivity contribution >= 4 is 17.5 Å². The van der Waals surface area contributed by atoms with Crippen LogP contribution in [0.4, 0.5) is 19.3 Å². The van der Waals surface area contributed by atoms with Gasteiger partial charge in [-0.2, -0.15) is 0 Å². The Balaban J connectivity index is 1.03. The number of hydrogen-bond donors (Lipinski definition) is 3. The van der Waals surface area contributed by atoms with E-state index in [2.05, 4.69) is 37.4 Å². The van der Waals surface area contributed by atoms with E-state index < -0.39 is 39.6 Å². The van der Waals surface area contributed by atoms with E-state index in [9.17, 15) is 28.6 Å². The summed E-state index contributed by atoms with van der Waals surface area (Å²) >= 11 is 0. The molecule has 6 nitrogen and oxygen atoms in total. The van der Waals surface area contributed by atoms with Gasteiger partial charge in [-0.15, -0.1) is 0 Å². The molecule has 6 bridgehead atoms. The minimum Gasteiger partial charge on any atom is -0.393 e. The van der Waals surface area contributed by atoms with Gasteiger partial charge in [0.15, 0.2) is 17.4 Å². The highest BCUT2D eigenvalue weighted by Gasteiger charge is 2.74. The van der Waals surface area contributed by atoms with Gasteiger partial charge in [-0.3, -0.25) is 4.79 Å². The molecule has 12 rings (SSSR count). The average Bonchev–Trinajstić information content (AvgIpc) is 3.41. The SMILES string of the molecule is CC12CCC(O)CC13C=CC1(C(C(=O)c4ccc(F)c(F)c4)=C3)C2CCC2(C)C1CCC2(O)CN(CC12CC3CC(CC(C3)C1)C2)C(=O)Nc1ccccc1. The minimum atomic E-state index is -1.21. The zero-order chi connectivity index (χ0) is 38.2. The van der Waals surface area contributed by atoms with Crippen LogP contribution in [0, 0.1) is 68.3 Å². The van der Waals surface area contributed by atoms with Crippen LogP contribution in [0.25, 0.3) is 0 Å². The highest BCUT2D eigenvalue weighted by atomic mass is 19.2. The second-order valence-electron chi connectivity index (χ2n) is 20.3. The molecule has 7 saturated carbocycles. The van der Waals surface area contributed by atoms with Crippen LogP contribution < -0.4 is 5.32 Å². The second-order valence-corrected chi connectivity index (χ2v) is 20.3. The molecule has 0 aromatic heterocycles. The van der Waals surface area contributed by atoms with Gasteiger partial charge < -0.3 is 20.4 Å². The van der Waals surface area contributed by atoms with Crippen LogP contribution >= 0.6 is 0 Å². The maximum atomic E-state index is 14.8. The highest BCUT2D eigenvalue weighted by molar-refractivity contribution is 6.10. The van der Waals surface area contributed by atoms with Crippen LogP contribution in [0.1, 0.15) is 108 Å². The fourth-order valence-electron chi connectivity index (χ4n) is 15.5. The number of carbonyl (C=O) groups excluding carboxylic acids is 2. The van der Waals surface area contributed by atoms with Crippen molar-refractivity contribution in [2.24, 2.45) is 56.7 Å². The number of benzene rings is 2. The highest BCUT2D eigenvalue weighted by Crippen LogP contribution is 2.78. The number of aliphatic hydroxyl groups excluding tert-OH is 1. The van der Waals surface area contributed by atoms with Crippen LogP contribution in [0.2, 0.25) is 0 Å². The molecule has 2 amide bonds. The molecule has 0 aliphatic heterocycles. The smallest absolute Gasteiger partial charge is 0.321 e. The quantitative estimate of drug-likeness (QED) is 0.194. The molecule has 8 heteroatoms. The summed E-state index contributed by atoms with van der Waals surface area (Å²) in [6, 6.07) is 12.8. The molecule has 10 aliphatic rings. The number of aliphatic hydroxyl groups is 2. The molecular formula is C47H56F2N2O4. The average molecular weight is 751 g/mol. The molecule has 7 fully saturated rings. The van der Waals surface area contributed by atoms with Gasteiger partial charge in [0.2, 0.25) is 0 Å². The summed E-state index contributed by atoms with van der Waals surface area (Å²) in [6.07, 6.45) is 18.2. The Hall–Kier alpha value is -3.36. The molecule has 10 aliphatic carbocycles. The number of anilines is 1. The lowest BCUT2D eigenvalue weighted by atomic mass is 9.32. The predicted molar refractivity (Wildman–Crippen MR) is 207 cm³/mol. The van der Waals surface area contributed by atoms with Crippen LogP contribution in [-0.2, 0) is 0 Å². The zero-order valence-corrected chi connectivity index (χ0v) is 32.3. The Kier molecular flexibility index (Phi) is 7.91. The third kappa shape index (κ3) is 5.08. The molecule has 8 unspecified atom stereocenters. The minimum absolute atomic E-state index is 0.0664. The van der Waals surface area contributed by atoms with E-state index >= 15 is 0 Å². The van der Waals surface area contributed by atoms with E-state index in [0.717, 1.165) is 74.1 Å². The molecule has 0 radical (unpaired) electrons. The van der Waals surface area contributed by atoms with Gasteiger partial charge in [0.25, 0.3) is 0 Å². The van der Waals surface area contributed by atoms with Crippen molar-refractivity contribution in [1.82, 2.24) is 4.90 Å². The Morgan fingerprint density at radius 3 is 2.15 bits per heavy atom. The Morgan fingerprint density at radius 1 is 0.800 bits per heavy atom. The topological polar surface area (TPSA) is 89.9 Å². The van der Waals surface area contributed by atoms with Gasteiger partial charge in [0.1, 0.15) is 0 Å². The number of para-hydroxylation sites is 1. The number of urea groups is 1. The number of hydrogen-bond acceptors (Lipinski definition) is 4. The van der Waals surface area contributed by atoms with Crippen molar-refractivity contribution in [2.45, 2.75) is 109 Å². The summed E-state index contributed by atoms with van der Waals surface area (Å²) in [7, 11) is 0. The van der Waals surface area contributed by atoms with Gasteiger partial charge in [-0.1, -0.05) is 50.3 Å². The maximum Gasteiger partial charge on any atom is 0.321 e. The third-order valence-electron chi connectivity index (χ3n) is 17.6. The third-order valence-corrected chi connectivity index (χ3v) is 17.6. The van der Waals surface area contributed by atoms with E-state index in [0.29, 0.717) is 37.8 Å². The van der Waals surface area contributed by atoms with Crippen molar-refractivity contribution in [3.8, 4) is 0 Å². The molecule has 2 aromatic rings. The number of halogens is 2. The molecule has 2 spiro atoms. The summed E-state index contributed by atoms with van der Waals surface area (Å²) in [5, 5.41) is 27.6. The summed E-state index contributed by atoms with van der Waals surface area (Å²) in [5.41, 5.74) is -1.83. The number of fused-ring (bicyclic) bond motifs is 1. The van der Waals surface area contributed by atoms with Gasteiger partial charge >= 0.3 is 6.03 Å². The van der Waals surface area contributed by atoms with Gasteiger partial charge in [-0.25, -0.2) is 13.6 Å².